The van der Waals surface area contributed by atoms with Gasteiger partial charge in [-0.25, -0.2) is 8.42 Å². The number of rotatable bonds is 4. The van der Waals surface area contributed by atoms with E-state index in [4.69, 9.17) is 28.9 Å². The minimum atomic E-state index is -3.80. The summed E-state index contributed by atoms with van der Waals surface area (Å²) in [4.78, 5) is 13.0. The van der Waals surface area contributed by atoms with Crippen LogP contribution in [0, 0.1) is 0 Å². The number of hydrogen-bond acceptors (Lipinski definition) is 4. The molecule has 1 fully saturated rings. The molecule has 1 aromatic carbocycles. The number of carbonyl (C=O) groups is 1. The number of hydrogen-bond donors (Lipinski definition) is 1. The van der Waals surface area contributed by atoms with Crippen LogP contribution in [0.5, 0.6) is 0 Å². The summed E-state index contributed by atoms with van der Waals surface area (Å²) in [5.74, 6) is -0.430. The molecule has 2 N–H and O–H groups in total. The SMILES string of the molecule is C[C@@H](C(N)=O)N1CCN(S(=O)(=O)c2c(Cl)cc(Br)cc2Cl)CC1. The van der Waals surface area contributed by atoms with Gasteiger partial charge in [0.1, 0.15) is 4.90 Å². The fourth-order valence-corrected chi connectivity index (χ4v) is 5.72. The summed E-state index contributed by atoms with van der Waals surface area (Å²) in [5.41, 5.74) is 5.28. The minimum Gasteiger partial charge on any atom is -0.368 e. The molecule has 0 saturated carbocycles. The largest absolute Gasteiger partial charge is 0.368 e. The maximum absolute atomic E-state index is 12.8. The molecule has 0 unspecified atom stereocenters. The molecule has 0 bridgehead atoms. The summed E-state index contributed by atoms with van der Waals surface area (Å²) in [7, 11) is -3.80. The average Bonchev–Trinajstić information content (AvgIpc) is 2.45. The number of halogens is 3. The molecule has 1 aliphatic heterocycles. The van der Waals surface area contributed by atoms with Gasteiger partial charge in [-0.15, -0.1) is 0 Å². The van der Waals surface area contributed by atoms with Crippen LogP contribution in [0.25, 0.3) is 0 Å². The molecule has 0 spiro atoms. The standard InChI is InChI=1S/C13H16BrCl2N3O3S/c1-8(13(17)20)18-2-4-19(5-3-18)23(21,22)12-10(15)6-9(14)7-11(12)16/h6-8H,2-5H2,1H3,(H2,17,20)/t8-/m0/s1. The quantitative estimate of drug-likeness (QED) is 0.768. The summed E-state index contributed by atoms with van der Waals surface area (Å²) in [6.45, 7) is 3.00. The lowest BCUT2D eigenvalue weighted by Gasteiger charge is -2.36. The number of primary amides is 1. The van der Waals surface area contributed by atoms with Crippen LogP contribution in [0.2, 0.25) is 10.0 Å². The van der Waals surface area contributed by atoms with Crippen LogP contribution in [-0.2, 0) is 14.8 Å². The predicted molar refractivity (Wildman–Crippen MR) is 93.2 cm³/mol. The zero-order valence-corrected chi connectivity index (χ0v) is 16.2. The number of piperazine rings is 1. The van der Waals surface area contributed by atoms with Crippen molar-refractivity contribution in [1.82, 2.24) is 9.21 Å². The van der Waals surface area contributed by atoms with Crippen LogP contribution in [-0.4, -0.2) is 55.8 Å². The highest BCUT2D eigenvalue weighted by atomic mass is 79.9. The first-order valence-electron chi connectivity index (χ1n) is 6.82. The number of sulfonamides is 1. The van der Waals surface area contributed by atoms with Gasteiger partial charge in [0, 0.05) is 30.7 Å². The fraction of sp³-hybridized carbons (Fsp3) is 0.462. The molecule has 1 aliphatic rings. The summed E-state index contributed by atoms with van der Waals surface area (Å²) < 4.78 is 27.5. The zero-order chi connectivity index (χ0) is 17.4. The van der Waals surface area contributed by atoms with Gasteiger partial charge in [-0.2, -0.15) is 4.31 Å². The molecule has 10 heteroatoms. The maximum Gasteiger partial charge on any atom is 0.246 e. The van der Waals surface area contributed by atoms with Crippen molar-refractivity contribution in [3.63, 3.8) is 0 Å². The Balaban J connectivity index is 2.22. The monoisotopic (exact) mass is 443 g/mol. The van der Waals surface area contributed by atoms with Crippen molar-refractivity contribution in [3.05, 3.63) is 26.7 Å². The molecule has 1 atom stereocenters. The molecule has 23 heavy (non-hydrogen) atoms. The lowest BCUT2D eigenvalue weighted by molar-refractivity contribution is -0.123. The Morgan fingerprint density at radius 2 is 1.70 bits per heavy atom. The molecule has 0 aliphatic carbocycles. The van der Waals surface area contributed by atoms with Crippen molar-refractivity contribution >= 4 is 55.1 Å². The second-order valence-corrected chi connectivity index (χ2v) is 8.82. The molecule has 128 valence electrons. The van der Waals surface area contributed by atoms with Crippen LogP contribution in [0.1, 0.15) is 6.92 Å². The fourth-order valence-electron chi connectivity index (χ4n) is 2.42. The molecule has 0 radical (unpaired) electrons. The molecule has 0 aromatic heterocycles. The van der Waals surface area contributed by atoms with Gasteiger partial charge in [0.15, 0.2) is 0 Å². The van der Waals surface area contributed by atoms with Gasteiger partial charge in [0.2, 0.25) is 15.9 Å². The van der Waals surface area contributed by atoms with Gasteiger partial charge in [0.25, 0.3) is 0 Å². The van der Waals surface area contributed by atoms with E-state index in [-0.39, 0.29) is 28.0 Å². The molecule has 1 saturated heterocycles. The third kappa shape index (κ3) is 4.00. The van der Waals surface area contributed by atoms with E-state index >= 15 is 0 Å². The minimum absolute atomic E-state index is 0.0670. The Kier molecular flexibility index (Phi) is 5.97. The van der Waals surface area contributed by atoms with E-state index in [1.807, 2.05) is 4.90 Å². The van der Waals surface area contributed by atoms with Crippen LogP contribution >= 0.6 is 39.1 Å². The van der Waals surface area contributed by atoms with Crippen LogP contribution in [0.15, 0.2) is 21.5 Å². The second kappa shape index (κ2) is 7.25. The van der Waals surface area contributed by atoms with E-state index in [9.17, 15) is 13.2 Å². The number of benzene rings is 1. The van der Waals surface area contributed by atoms with Crippen molar-refractivity contribution < 1.29 is 13.2 Å². The number of carbonyl (C=O) groups excluding carboxylic acids is 1. The van der Waals surface area contributed by atoms with Gasteiger partial charge in [0.05, 0.1) is 16.1 Å². The van der Waals surface area contributed by atoms with Gasteiger partial charge in [-0.1, -0.05) is 39.1 Å². The Labute approximate surface area is 153 Å². The van der Waals surface area contributed by atoms with Crippen molar-refractivity contribution in [2.45, 2.75) is 17.9 Å². The third-order valence-corrected chi connectivity index (χ3v) is 7.07. The predicted octanol–water partition coefficient (Wildman–Crippen LogP) is 1.94. The number of amides is 1. The molecule has 2 rings (SSSR count). The highest BCUT2D eigenvalue weighted by Gasteiger charge is 2.33. The second-order valence-electron chi connectivity index (χ2n) is 5.22. The van der Waals surface area contributed by atoms with E-state index in [1.54, 1.807) is 6.92 Å². The van der Waals surface area contributed by atoms with Crippen molar-refractivity contribution in [2.24, 2.45) is 5.73 Å². The highest BCUT2D eigenvalue weighted by Crippen LogP contribution is 2.35. The lowest BCUT2D eigenvalue weighted by atomic mass is 10.2. The van der Waals surface area contributed by atoms with Crippen LogP contribution in [0.3, 0.4) is 0 Å². The van der Waals surface area contributed by atoms with Crippen molar-refractivity contribution in [3.8, 4) is 0 Å². The normalized spacial score (nSPS) is 18.8. The molecule has 1 aromatic rings. The third-order valence-electron chi connectivity index (χ3n) is 3.79. The Morgan fingerprint density at radius 3 is 2.13 bits per heavy atom. The van der Waals surface area contributed by atoms with Gasteiger partial charge in [-0.05, 0) is 19.1 Å². The first-order valence-corrected chi connectivity index (χ1v) is 9.81. The summed E-state index contributed by atoms with van der Waals surface area (Å²) in [5, 5.41) is 0.134. The molecular weight excluding hydrogens is 429 g/mol. The maximum atomic E-state index is 12.8. The van der Waals surface area contributed by atoms with E-state index in [2.05, 4.69) is 15.9 Å². The average molecular weight is 445 g/mol. The van der Waals surface area contributed by atoms with Gasteiger partial charge in [-0.3, -0.25) is 9.69 Å². The van der Waals surface area contributed by atoms with Crippen LogP contribution in [0.4, 0.5) is 0 Å². The number of nitrogens with two attached hydrogens (primary N) is 1. The Bertz CT molecular complexity index is 698. The van der Waals surface area contributed by atoms with Crippen molar-refractivity contribution in [1.29, 1.82) is 0 Å². The van der Waals surface area contributed by atoms with Crippen LogP contribution < -0.4 is 5.73 Å². The molecular formula is C13H16BrCl2N3O3S. The summed E-state index contributed by atoms with van der Waals surface area (Å²) in [6.07, 6.45) is 0. The first kappa shape index (κ1) is 19.0. The van der Waals surface area contributed by atoms with E-state index in [0.29, 0.717) is 17.6 Å². The molecule has 6 nitrogen and oxygen atoms in total. The molecule has 1 amide bonds. The summed E-state index contributed by atoms with van der Waals surface area (Å²) >= 11 is 15.4. The van der Waals surface area contributed by atoms with Gasteiger partial charge >= 0.3 is 0 Å². The zero-order valence-electron chi connectivity index (χ0n) is 12.3. The molecule has 1 heterocycles. The summed E-state index contributed by atoms with van der Waals surface area (Å²) in [6, 6.07) is 2.55. The van der Waals surface area contributed by atoms with E-state index in [1.165, 1.54) is 16.4 Å². The topological polar surface area (TPSA) is 83.7 Å². The van der Waals surface area contributed by atoms with E-state index in [0.717, 1.165) is 0 Å². The Morgan fingerprint density at radius 1 is 1.22 bits per heavy atom. The van der Waals surface area contributed by atoms with Gasteiger partial charge < -0.3 is 5.73 Å². The highest BCUT2D eigenvalue weighted by molar-refractivity contribution is 9.10. The first-order chi connectivity index (χ1) is 10.6. The lowest BCUT2D eigenvalue weighted by Crippen LogP contribution is -2.54. The van der Waals surface area contributed by atoms with Crippen molar-refractivity contribution in [2.75, 3.05) is 26.2 Å². The number of nitrogens with zero attached hydrogens (tertiary/aromatic N) is 2. The van der Waals surface area contributed by atoms with E-state index < -0.39 is 22.0 Å². The smallest absolute Gasteiger partial charge is 0.246 e. The Hall–Kier alpha value is -0.380.